The van der Waals surface area contributed by atoms with Crippen LogP contribution in [-0.4, -0.2) is 45.2 Å². The number of benzene rings is 1. The molecule has 1 aliphatic heterocycles. The van der Waals surface area contributed by atoms with Gasteiger partial charge in [-0.1, -0.05) is 12.1 Å². The molecule has 1 fully saturated rings. The van der Waals surface area contributed by atoms with Gasteiger partial charge in [0.25, 0.3) is 5.69 Å². The normalized spacial score (nSPS) is 14.6. The summed E-state index contributed by atoms with van der Waals surface area (Å²) in [5.74, 6) is 0.906. The Bertz CT molecular complexity index is 803. The number of nitro groups is 1. The molecule has 2 aromatic rings. The van der Waals surface area contributed by atoms with Crippen LogP contribution in [0.1, 0.15) is 18.4 Å². The molecule has 9 heteroatoms. The fraction of sp³-hybridized carbons (Fsp3) is 0.333. The molecule has 1 aromatic carbocycles. The summed E-state index contributed by atoms with van der Waals surface area (Å²) in [6.07, 6.45) is 1.82. The van der Waals surface area contributed by atoms with Crippen LogP contribution in [0.3, 0.4) is 0 Å². The maximum atomic E-state index is 11.0. The zero-order valence-electron chi connectivity index (χ0n) is 14.5. The van der Waals surface area contributed by atoms with Crippen molar-refractivity contribution in [1.82, 2.24) is 9.88 Å². The summed E-state index contributed by atoms with van der Waals surface area (Å²) >= 11 is 0. The van der Waals surface area contributed by atoms with Crippen molar-refractivity contribution in [3.8, 4) is 11.6 Å². The van der Waals surface area contributed by atoms with Gasteiger partial charge in [0.15, 0.2) is 0 Å². The molecule has 1 amide bonds. The number of piperidine rings is 1. The number of hydrogen-bond donors (Lipinski definition) is 1. The lowest BCUT2D eigenvalue weighted by atomic mass is 10.1. The molecule has 0 radical (unpaired) electrons. The third kappa shape index (κ3) is 4.84. The predicted molar refractivity (Wildman–Crippen MR) is 94.9 cm³/mol. The van der Waals surface area contributed by atoms with Crippen molar-refractivity contribution in [3.63, 3.8) is 0 Å². The van der Waals surface area contributed by atoms with Gasteiger partial charge >= 0.3 is 6.09 Å². The lowest BCUT2D eigenvalue weighted by molar-refractivity contribution is -0.385. The van der Waals surface area contributed by atoms with Gasteiger partial charge in [0.05, 0.1) is 16.7 Å². The van der Waals surface area contributed by atoms with Crippen molar-refractivity contribution < 1.29 is 24.3 Å². The van der Waals surface area contributed by atoms with Crippen LogP contribution in [0.4, 0.5) is 10.5 Å². The highest BCUT2D eigenvalue weighted by molar-refractivity contribution is 5.65. The summed E-state index contributed by atoms with van der Waals surface area (Å²) in [7, 11) is 0. The largest absolute Gasteiger partial charge is 0.489 e. The second-order valence-electron chi connectivity index (χ2n) is 6.09. The molecule has 0 bridgehead atoms. The van der Waals surface area contributed by atoms with E-state index < -0.39 is 11.0 Å². The van der Waals surface area contributed by atoms with Gasteiger partial charge in [-0.15, -0.1) is 0 Å². The van der Waals surface area contributed by atoms with E-state index in [1.54, 1.807) is 30.3 Å². The quantitative estimate of drug-likeness (QED) is 0.611. The van der Waals surface area contributed by atoms with E-state index in [1.807, 2.05) is 0 Å². The number of ether oxygens (including phenoxy) is 2. The van der Waals surface area contributed by atoms with Crippen LogP contribution in [0.15, 0.2) is 42.6 Å². The number of para-hydroxylation sites is 1. The lowest BCUT2D eigenvalue weighted by Crippen LogP contribution is -2.41. The standard InChI is InChI=1S/C18H19N3O6/c22-18(23)20-9-7-14(8-10-20)27-15-5-6-17(19-11-15)26-12-13-3-1-2-4-16(13)21(24)25/h1-6,11,14H,7-10,12H2,(H,22,23). The molecule has 1 aliphatic rings. The molecule has 1 saturated heterocycles. The summed E-state index contributed by atoms with van der Waals surface area (Å²) in [5.41, 5.74) is 0.472. The van der Waals surface area contributed by atoms with Crippen LogP contribution in [-0.2, 0) is 6.61 Å². The number of amides is 1. The number of pyridine rings is 1. The van der Waals surface area contributed by atoms with Gasteiger partial charge in [-0.25, -0.2) is 9.78 Å². The Morgan fingerprint density at radius 1 is 1.26 bits per heavy atom. The summed E-state index contributed by atoms with van der Waals surface area (Å²) in [4.78, 5) is 27.0. The highest BCUT2D eigenvalue weighted by Crippen LogP contribution is 2.22. The number of rotatable bonds is 6. The maximum absolute atomic E-state index is 11.0. The summed E-state index contributed by atoms with van der Waals surface area (Å²) in [6, 6.07) is 9.73. The first kappa shape index (κ1) is 18.4. The van der Waals surface area contributed by atoms with Gasteiger partial charge in [-0.2, -0.15) is 0 Å². The van der Waals surface area contributed by atoms with E-state index in [0.29, 0.717) is 43.1 Å². The number of carbonyl (C=O) groups is 1. The average Bonchev–Trinajstić information content (AvgIpc) is 2.68. The SMILES string of the molecule is O=C(O)N1CCC(Oc2ccc(OCc3ccccc3[N+](=O)[O-])nc2)CC1. The maximum Gasteiger partial charge on any atom is 0.407 e. The summed E-state index contributed by atoms with van der Waals surface area (Å²) in [5, 5.41) is 20.0. The van der Waals surface area contributed by atoms with Crippen molar-refractivity contribution in [2.45, 2.75) is 25.6 Å². The number of hydrogen-bond acceptors (Lipinski definition) is 6. The lowest BCUT2D eigenvalue weighted by Gasteiger charge is -2.30. The smallest absolute Gasteiger partial charge is 0.407 e. The van der Waals surface area contributed by atoms with E-state index >= 15 is 0 Å². The third-order valence-corrected chi connectivity index (χ3v) is 4.29. The zero-order chi connectivity index (χ0) is 19.2. The van der Waals surface area contributed by atoms with E-state index in [4.69, 9.17) is 14.6 Å². The topological polar surface area (TPSA) is 115 Å². The van der Waals surface area contributed by atoms with Crippen LogP contribution in [0.5, 0.6) is 11.6 Å². The first-order chi connectivity index (χ1) is 13.0. The van der Waals surface area contributed by atoms with Crippen LogP contribution in [0.2, 0.25) is 0 Å². The number of nitrogens with zero attached hydrogens (tertiary/aromatic N) is 3. The van der Waals surface area contributed by atoms with Crippen LogP contribution >= 0.6 is 0 Å². The molecule has 0 unspecified atom stereocenters. The molecule has 27 heavy (non-hydrogen) atoms. The summed E-state index contributed by atoms with van der Waals surface area (Å²) < 4.78 is 11.3. The Labute approximate surface area is 155 Å². The van der Waals surface area contributed by atoms with Crippen molar-refractivity contribution in [2.24, 2.45) is 0 Å². The van der Waals surface area contributed by atoms with Gasteiger partial charge in [0.2, 0.25) is 5.88 Å². The summed E-state index contributed by atoms with van der Waals surface area (Å²) in [6.45, 7) is 0.937. The molecule has 1 N–H and O–H groups in total. The zero-order valence-corrected chi connectivity index (χ0v) is 14.5. The Kier molecular flexibility index (Phi) is 5.70. The Morgan fingerprint density at radius 2 is 2.00 bits per heavy atom. The minimum absolute atomic E-state index is 0.00477. The second-order valence-corrected chi connectivity index (χ2v) is 6.09. The van der Waals surface area contributed by atoms with Gasteiger partial charge in [0, 0.05) is 38.1 Å². The van der Waals surface area contributed by atoms with Crippen molar-refractivity contribution in [3.05, 3.63) is 58.3 Å². The van der Waals surface area contributed by atoms with E-state index in [9.17, 15) is 14.9 Å². The molecular formula is C18H19N3O6. The van der Waals surface area contributed by atoms with Gasteiger partial charge < -0.3 is 19.5 Å². The first-order valence-corrected chi connectivity index (χ1v) is 8.48. The van der Waals surface area contributed by atoms with Crippen LogP contribution in [0, 0.1) is 10.1 Å². The van der Waals surface area contributed by atoms with Gasteiger partial charge in [-0.05, 0) is 12.1 Å². The molecule has 0 spiro atoms. The molecule has 0 atom stereocenters. The number of likely N-dealkylation sites (tertiary alicyclic amines) is 1. The molecule has 0 saturated carbocycles. The molecule has 2 heterocycles. The van der Waals surface area contributed by atoms with E-state index in [2.05, 4.69) is 4.98 Å². The van der Waals surface area contributed by atoms with E-state index in [0.717, 1.165) is 0 Å². The molecular weight excluding hydrogens is 354 g/mol. The minimum Gasteiger partial charge on any atom is -0.489 e. The van der Waals surface area contributed by atoms with E-state index in [-0.39, 0.29) is 18.4 Å². The fourth-order valence-corrected chi connectivity index (χ4v) is 2.84. The average molecular weight is 373 g/mol. The number of aromatic nitrogens is 1. The van der Waals surface area contributed by atoms with Crippen LogP contribution < -0.4 is 9.47 Å². The highest BCUT2D eigenvalue weighted by atomic mass is 16.6. The Balaban J connectivity index is 1.52. The minimum atomic E-state index is -0.907. The monoisotopic (exact) mass is 373 g/mol. The van der Waals surface area contributed by atoms with Crippen molar-refractivity contribution in [1.29, 1.82) is 0 Å². The molecule has 1 aromatic heterocycles. The Hall–Kier alpha value is -3.36. The third-order valence-electron chi connectivity index (χ3n) is 4.29. The van der Waals surface area contributed by atoms with Gasteiger partial charge in [0.1, 0.15) is 18.5 Å². The molecule has 9 nitrogen and oxygen atoms in total. The fourth-order valence-electron chi connectivity index (χ4n) is 2.84. The number of nitro benzene ring substituents is 1. The highest BCUT2D eigenvalue weighted by Gasteiger charge is 2.23. The predicted octanol–water partition coefficient (Wildman–Crippen LogP) is 3.09. The first-order valence-electron chi connectivity index (χ1n) is 8.48. The van der Waals surface area contributed by atoms with Crippen LogP contribution in [0.25, 0.3) is 0 Å². The Morgan fingerprint density at radius 3 is 2.63 bits per heavy atom. The number of carboxylic acid groups (broad SMARTS) is 1. The van der Waals surface area contributed by atoms with Crippen molar-refractivity contribution in [2.75, 3.05) is 13.1 Å². The molecule has 0 aliphatic carbocycles. The molecule has 142 valence electrons. The molecule has 3 rings (SSSR count). The van der Waals surface area contributed by atoms with Crippen molar-refractivity contribution >= 4 is 11.8 Å². The van der Waals surface area contributed by atoms with Gasteiger partial charge in [-0.3, -0.25) is 10.1 Å². The second kappa shape index (κ2) is 8.35. The van der Waals surface area contributed by atoms with E-state index in [1.165, 1.54) is 17.2 Å².